The van der Waals surface area contributed by atoms with Gasteiger partial charge in [0.2, 0.25) is 0 Å². The molecular weight excluding hydrogens is 546 g/mol. The van der Waals surface area contributed by atoms with Crippen LogP contribution in [0.5, 0.6) is 0 Å². The first-order chi connectivity index (χ1) is 22.1. The molecule has 2 nitrogen and oxygen atoms in total. The molecule has 2 heterocycles. The molecule has 45 heavy (non-hydrogen) atoms. The molecular formula is C43H29NO. The van der Waals surface area contributed by atoms with Crippen LogP contribution in [-0.2, 0) is 5.41 Å². The molecule has 9 aromatic rings. The number of para-hydroxylation sites is 1. The van der Waals surface area contributed by atoms with Crippen LogP contribution in [0.3, 0.4) is 0 Å². The highest BCUT2D eigenvalue weighted by atomic mass is 16.3. The van der Waals surface area contributed by atoms with Crippen LogP contribution in [0.4, 0.5) is 0 Å². The Morgan fingerprint density at radius 3 is 2.18 bits per heavy atom. The molecule has 2 aromatic heterocycles. The molecule has 1 aliphatic rings. The second-order valence-corrected chi connectivity index (χ2v) is 12.9. The van der Waals surface area contributed by atoms with Crippen LogP contribution >= 0.6 is 0 Å². The molecule has 212 valence electrons. The second-order valence-electron chi connectivity index (χ2n) is 12.9. The van der Waals surface area contributed by atoms with Crippen LogP contribution in [0.2, 0.25) is 0 Å². The molecule has 0 saturated heterocycles. The summed E-state index contributed by atoms with van der Waals surface area (Å²) in [4.78, 5) is 0. The molecule has 1 aliphatic carbocycles. The summed E-state index contributed by atoms with van der Waals surface area (Å²) in [5.74, 6) is 0. The number of benzene rings is 7. The fourth-order valence-electron chi connectivity index (χ4n) is 8.09. The first-order valence-corrected chi connectivity index (χ1v) is 15.7. The molecule has 0 fully saturated rings. The van der Waals surface area contributed by atoms with Gasteiger partial charge in [-0.2, -0.15) is 0 Å². The van der Waals surface area contributed by atoms with E-state index in [1.165, 1.54) is 66.0 Å². The van der Waals surface area contributed by atoms with E-state index >= 15 is 0 Å². The summed E-state index contributed by atoms with van der Waals surface area (Å²) in [5, 5.41) is 7.46. The topological polar surface area (TPSA) is 18.1 Å². The zero-order chi connectivity index (χ0) is 29.9. The third-order valence-corrected chi connectivity index (χ3v) is 10.2. The van der Waals surface area contributed by atoms with Crippen molar-refractivity contribution < 1.29 is 4.42 Å². The van der Waals surface area contributed by atoms with Gasteiger partial charge in [0.15, 0.2) is 0 Å². The first kappa shape index (κ1) is 24.8. The van der Waals surface area contributed by atoms with E-state index < -0.39 is 0 Å². The number of fused-ring (bicyclic) bond motifs is 11. The Hall–Kier alpha value is -5.60. The maximum Gasteiger partial charge on any atom is 0.136 e. The molecule has 10 rings (SSSR count). The third-order valence-electron chi connectivity index (χ3n) is 10.2. The van der Waals surface area contributed by atoms with Gasteiger partial charge >= 0.3 is 0 Å². The Morgan fingerprint density at radius 1 is 0.489 bits per heavy atom. The predicted octanol–water partition coefficient (Wildman–Crippen LogP) is 11.8. The molecule has 0 atom stereocenters. The van der Waals surface area contributed by atoms with E-state index in [2.05, 4.69) is 152 Å². The minimum atomic E-state index is -0.0801. The summed E-state index contributed by atoms with van der Waals surface area (Å²) >= 11 is 0. The fourth-order valence-corrected chi connectivity index (χ4v) is 8.09. The van der Waals surface area contributed by atoms with Gasteiger partial charge in [-0.15, -0.1) is 0 Å². The Labute approximate surface area is 260 Å². The summed E-state index contributed by atoms with van der Waals surface area (Å²) in [5.41, 5.74) is 13.2. The van der Waals surface area contributed by atoms with Gasteiger partial charge in [0.1, 0.15) is 11.2 Å². The number of aromatic nitrogens is 1. The molecule has 0 aliphatic heterocycles. The number of nitrogens with zero attached hydrogens (tertiary/aromatic N) is 1. The molecule has 0 bridgehead atoms. The van der Waals surface area contributed by atoms with Crippen molar-refractivity contribution in [2.75, 3.05) is 0 Å². The number of rotatable bonds is 2. The van der Waals surface area contributed by atoms with Gasteiger partial charge in [-0.25, -0.2) is 0 Å². The maximum absolute atomic E-state index is 6.26. The average Bonchev–Trinajstić information content (AvgIpc) is 3.70. The van der Waals surface area contributed by atoms with Gasteiger partial charge in [0.05, 0.1) is 11.0 Å². The average molecular weight is 576 g/mol. The summed E-state index contributed by atoms with van der Waals surface area (Å²) < 4.78 is 8.74. The monoisotopic (exact) mass is 575 g/mol. The van der Waals surface area contributed by atoms with Crippen molar-refractivity contribution in [3.8, 4) is 27.9 Å². The van der Waals surface area contributed by atoms with Crippen molar-refractivity contribution >= 4 is 54.5 Å². The zero-order valence-electron chi connectivity index (χ0n) is 25.1. The quantitative estimate of drug-likeness (QED) is 0.200. The number of furan rings is 1. The largest absolute Gasteiger partial charge is 0.456 e. The van der Waals surface area contributed by atoms with Gasteiger partial charge in [-0.3, -0.25) is 0 Å². The fraction of sp³-hybridized carbons (Fsp3) is 0.0698. The van der Waals surface area contributed by atoms with Crippen molar-refractivity contribution in [2.24, 2.45) is 0 Å². The maximum atomic E-state index is 6.26. The van der Waals surface area contributed by atoms with E-state index in [9.17, 15) is 0 Å². The normalized spacial score (nSPS) is 13.7. The van der Waals surface area contributed by atoms with Crippen LogP contribution in [0, 0.1) is 0 Å². The molecule has 2 heteroatoms. The predicted molar refractivity (Wildman–Crippen MR) is 189 cm³/mol. The van der Waals surface area contributed by atoms with Gasteiger partial charge in [-0.1, -0.05) is 111 Å². The smallest absolute Gasteiger partial charge is 0.136 e. The van der Waals surface area contributed by atoms with E-state index in [1.807, 2.05) is 6.07 Å². The van der Waals surface area contributed by atoms with Crippen LogP contribution < -0.4 is 0 Å². The third kappa shape index (κ3) is 3.29. The van der Waals surface area contributed by atoms with Crippen molar-refractivity contribution in [3.05, 3.63) is 151 Å². The van der Waals surface area contributed by atoms with E-state index in [1.54, 1.807) is 0 Å². The van der Waals surface area contributed by atoms with E-state index in [0.717, 1.165) is 27.6 Å². The zero-order valence-corrected chi connectivity index (χ0v) is 25.1. The van der Waals surface area contributed by atoms with Crippen molar-refractivity contribution in [1.29, 1.82) is 0 Å². The Bertz CT molecular complexity index is 2680. The second kappa shape index (κ2) is 8.74. The van der Waals surface area contributed by atoms with Gasteiger partial charge in [0.25, 0.3) is 0 Å². The summed E-state index contributed by atoms with van der Waals surface area (Å²) in [7, 11) is 0. The van der Waals surface area contributed by atoms with Gasteiger partial charge in [0, 0.05) is 32.6 Å². The van der Waals surface area contributed by atoms with E-state index in [-0.39, 0.29) is 5.41 Å². The molecule has 0 saturated carbocycles. The van der Waals surface area contributed by atoms with Gasteiger partial charge in [-0.05, 0) is 86.6 Å². The Kier molecular flexibility index (Phi) is 4.82. The standard InChI is InChI=1S/C43H29NO/c1-43(2)35-18-7-5-15-31(35)33-24-34-38(25-36(33)43)44(37-22-21-26-11-3-4-14-29(26)41(34)37)28-13-9-12-27(23-28)30-17-10-20-40-42(30)32-16-6-8-19-39(32)45-40/h3-25H,1-2H3. The molecule has 0 radical (unpaired) electrons. The Balaban J connectivity index is 1.30. The van der Waals surface area contributed by atoms with Crippen LogP contribution in [-0.4, -0.2) is 4.57 Å². The lowest BCUT2D eigenvalue weighted by atomic mass is 9.82. The molecule has 0 N–H and O–H groups in total. The van der Waals surface area contributed by atoms with E-state index in [0.29, 0.717) is 0 Å². The number of hydrogen-bond donors (Lipinski definition) is 0. The minimum absolute atomic E-state index is 0.0801. The number of hydrogen-bond acceptors (Lipinski definition) is 1. The summed E-state index contributed by atoms with van der Waals surface area (Å²) in [6.07, 6.45) is 0. The van der Waals surface area contributed by atoms with Crippen molar-refractivity contribution in [2.45, 2.75) is 19.3 Å². The van der Waals surface area contributed by atoms with Crippen molar-refractivity contribution in [1.82, 2.24) is 4.57 Å². The molecule has 0 spiro atoms. The SMILES string of the molecule is CC1(C)c2ccccc2-c2cc3c4c5ccccc5ccc4n(-c4cccc(-c5cccc6oc7ccccc7c56)c4)c3cc21. The molecule has 7 aromatic carbocycles. The lowest BCUT2D eigenvalue weighted by Gasteiger charge is -2.21. The van der Waals surface area contributed by atoms with E-state index in [4.69, 9.17) is 4.42 Å². The molecule has 0 amide bonds. The van der Waals surface area contributed by atoms with Crippen molar-refractivity contribution in [3.63, 3.8) is 0 Å². The first-order valence-electron chi connectivity index (χ1n) is 15.7. The highest BCUT2D eigenvalue weighted by Crippen LogP contribution is 2.51. The lowest BCUT2D eigenvalue weighted by molar-refractivity contribution is 0.661. The van der Waals surface area contributed by atoms with Crippen LogP contribution in [0.1, 0.15) is 25.0 Å². The molecule has 0 unspecified atom stereocenters. The Morgan fingerprint density at radius 2 is 1.24 bits per heavy atom. The lowest BCUT2D eigenvalue weighted by Crippen LogP contribution is -2.14. The highest BCUT2D eigenvalue weighted by Gasteiger charge is 2.36. The summed E-state index contributed by atoms with van der Waals surface area (Å²) in [6, 6.07) is 50.9. The van der Waals surface area contributed by atoms with Gasteiger partial charge < -0.3 is 8.98 Å². The van der Waals surface area contributed by atoms with Crippen LogP contribution in [0.15, 0.2) is 144 Å². The summed E-state index contributed by atoms with van der Waals surface area (Å²) in [6.45, 7) is 4.73. The minimum Gasteiger partial charge on any atom is -0.456 e. The highest BCUT2D eigenvalue weighted by molar-refractivity contribution is 6.22. The van der Waals surface area contributed by atoms with Crippen LogP contribution in [0.25, 0.3) is 82.5 Å².